The smallest absolute Gasteiger partial charge is 0.201 e. The van der Waals surface area contributed by atoms with Crippen molar-refractivity contribution in [1.82, 2.24) is 9.55 Å². The first kappa shape index (κ1) is 13.3. The van der Waals surface area contributed by atoms with E-state index in [-0.39, 0.29) is 0 Å². The quantitative estimate of drug-likeness (QED) is 0.789. The molecule has 3 rings (SSSR count). The van der Waals surface area contributed by atoms with E-state index in [1.54, 1.807) is 0 Å². The van der Waals surface area contributed by atoms with Crippen molar-refractivity contribution in [2.75, 3.05) is 5.73 Å². The number of hydrogen-bond acceptors (Lipinski definition) is 2. The van der Waals surface area contributed by atoms with Gasteiger partial charge in [0.1, 0.15) is 0 Å². The summed E-state index contributed by atoms with van der Waals surface area (Å²) in [6.07, 6.45) is 0.870. The number of fused-ring (bicyclic) bond motifs is 1. The Labute approximate surface area is 126 Å². The highest BCUT2D eigenvalue weighted by Crippen LogP contribution is 2.22. The van der Waals surface area contributed by atoms with Gasteiger partial charge in [-0.05, 0) is 42.3 Å². The average Bonchev–Trinajstić information content (AvgIpc) is 2.73. The van der Waals surface area contributed by atoms with Gasteiger partial charge < -0.3 is 10.3 Å². The summed E-state index contributed by atoms with van der Waals surface area (Å²) in [6, 6.07) is 13.5. The molecule has 0 atom stereocenters. The number of nitrogen functional groups attached to an aromatic ring is 1. The lowest BCUT2D eigenvalue weighted by Gasteiger charge is -2.07. The highest BCUT2D eigenvalue weighted by molar-refractivity contribution is 6.31. The van der Waals surface area contributed by atoms with Gasteiger partial charge in [0.05, 0.1) is 11.0 Å². The van der Waals surface area contributed by atoms with Crippen LogP contribution >= 0.6 is 23.2 Å². The van der Waals surface area contributed by atoms with Crippen LogP contribution in [0.3, 0.4) is 0 Å². The number of anilines is 1. The fraction of sp³-hybridized carbons (Fsp3) is 0.133. The van der Waals surface area contributed by atoms with Gasteiger partial charge >= 0.3 is 0 Å². The first-order valence-corrected chi connectivity index (χ1v) is 7.05. The Bertz CT molecular complexity index is 748. The van der Waals surface area contributed by atoms with Crippen LogP contribution in [-0.2, 0) is 13.0 Å². The summed E-state index contributed by atoms with van der Waals surface area (Å²) in [4.78, 5) is 4.34. The van der Waals surface area contributed by atoms with E-state index in [0.29, 0.717) is 11.0 Å². The standard InChI is InChI=1S/C15H13Cl2N3/c16-11-3-1-10(2-4-11)7-8-20-14-6-5-12(17)9-13(14)19-15(20)18/h1-6,9H,7-8H2,(H2,18,19). The predicted molar refractivity (Wildman–Crippen MR) is 84.3 cm³/mol. The topological polar surface area (TPSA) is 43.8 Å². The van der Waals surface area contributed by atoms with Crippen molar-refractivity contribution >= 4 is 40.2 Å². The number of benzene rings is 2. The second-order valence-corrected chi connectivity index (χ2v) is 5.50. The lowest BCUT2D eigenvalue weighted by atomic mass is 10.1. The molecule has 1 heterocycles. The average molecular weight is 306 g/mol. The minimum atomic E-state index is 0.510. The summed E-state index contributed by atoms with van der Waals surface area (Å²) in [5, 5.41) is 1.41. The molecule has 0 aliphatic carbocycles. The van der Waals surface area contributed by atoms with Crippen LogP contribution in [0.25, 0.3) is 11.0 Å². The van der Waals surface area contributed by atoms with E-state index in [4.69, 9.17) is 28.9 Å². The van der Waals surface area contributed by atoms with Crippen LogP contribution in [0.4, 0.5) is 5.95 Å². The molecule has 20 heavy (non-hydrogen) atoms. The number of nitrogens with two attached hydrogens (primary N) is 1. The van der Waals surface area contributed by atoms with E-state index in [9.17, 15) is 0 Å². The minimum Gasteiger partial charge on any atom is -0.369 e. The first-order chi connectivity index (χ1) is 9.63. The molecule has 2 aromatic carbocycles. The zero-order valence-electron chi connectivity index (χ0n) is 10.7. The zero-order chi connectivity index (χ0) is 14.1. The third kappa shape index (κ3) is 2.60. The Morgan fingerprint density at radius 1 is 1.00 bits per heavy atom. The molecule has 0 aliphatic heterocycles. The molecule has 0 saturated heterocycles. The summed E-state index contributed by atoms with van der Waals surface area (Å²) in [5.41, 5.74) is 9.02. The van der Waals surface area contributed by atoms with E-state index >= 15 is 0 Å². The third-order valence-electron chi connectivity index (χ3n) is 3.28. The summed E-state index contributed by atoms with van der Waals surface area (Å²) >= 11 is 11.8. The van der Waals surface area contributed by atoms with Gasteiger partial charge in [0.25, 0.3) is 0 Å². The van der Waals surface area contributed by atoms with Gasteiger partial charge in [-0.15, -0.1) is 0 Å². The maximum Gasteiger partial charge on any atom is 0.201 e. The van der Waals surface area contributed by atoms with Crippen LogP contribution in [0.15, 0.2) is 42.5 Å². The minimum absolute atomic E-state index is 0.510. The van der Waals surface area contributed by atoms with Gasteiger partial charge in [-0.1, -0.05) is 35.3 Å². The van der Waals surface area contributed by atoms with E-state index in [1.165, 1.54) is 5.56 Å². The summed E-state index contributed by atoms with van der Waals surface area (Å²) < 4.78 is 2.00. The van der Waals surface area contributed by atoms with E-state index in [2.05, 4.69) is 4.98 Å². The van der Waals surface area contributed by atoms with E-state index < -0.39 is 0 Å². The van der Waals surface area contributed by atoms with Crippen LogP contribution in [0, 0.1) is 0 Å². The maximum absolute atomic E-state index is 5.98. The molecule has 3 nitrogen and oxygen atoms in total. The van der Waals surface area contributed by atoms with Crippen molar-refractivity contribution < 1.29 is 0 Å². The predicted octanol–water partition coefficient (Wildman–Crippen LogP) is 4.17. The highest BCUT2D eigenvalue weighted by atomic mass is 35.5. The Balaban J connectivity index is 1.87. The summed E-state index contributed by atoms with van der Waals surface area (Å²) in [5.74, 6) is 0.510. The summed E-state index contributed by atoms with van der Waals surface area (Å²) in [6.45, 7) is 0.769. The molecule has 0 amide bonds. The molecule has 0 aliphatic rings. The summed E-state index contributed by atoms with van der Waals surface area (Å²) in [7, 11) is 0. The van der Waals surface area contributed by atoms with E-state index in [1.807, 2.05) is 47.0 Å². The molecule has 0 radical (unpaired) electrons. The molecule has 0 unspecified atom stereocenters. The molecule has 5 heteroatoms. The Morgan fingerprint density at radius 2 is 1.70 bits per heavy atom. The molecule has 3 aromatic rings. The fourth-order valence-electron chi connectivity index (χ4n) is 2.25. The van der Waals surface area contributed by atoms with Gasteiger partial charge in [0.2, 0.25) is 5.95 Å². The Morgan fingerprint density at radius 3 is 2.45 bits per heavy atom. The van der Waals surface area contributed by atoms with Crippen LogP contribution in [0.1, 0.15) is 5.56 Å². The maximum atomic E-state index is 5.98. The van der Waals surface area contributed by atoms with Gasteiger partial charge in [-0.2, -0.15) is 0 Å². The second kappa shape index (κ2) is 5.35. The lowest BCUT2D eigenvalue weighted by Crippen LogP contribution is -2.05. The number of halogens is 2. The Kier molecular flexibility index (Phi) is 3.55. The normalized spacial score (nSPS) is 11.1. The number of hydrogen-bond donors (Lipinski definition) is 1. The van der Waals surface area contributed by atoms with Gasteiger partial charge in [-0.25, -0.2) is 4.98 Å². The molecule has 1 aromatic heterocycles. The number of imidazole rings is 1. The fourth-order valence-corrected chi connectivity index (χ4v) is 2.54. The van der Waals surface area contributed by atoms with Crippen molar-refractivity contribution in [3.63, 3.8) is 0 Å². The monoisotopic (exact) mass is 305 g/mol. The van der Waals surface area contributed by atoms with Crippen molar-refractivity contribution in [2.24, 2.45) is 0 Å². The van der Waals surface area contributed by atoms with Gasteiger partial charge in [0.15, 0.2) is 0 Å². The molecule has 0 saturated carbocycles. The van der Waals surface area contributed by atoms with Gasteiger partial charge in [-0.3, -0.25) is 0 Å². The number of rotatable bonds is 3. The molecule has 0 spiro atoms. The molecule has 0 fully saturated rings. The molecular formula is C15H13Cl2N3. The van der Waals surface area contributed by atoms with E-state index in [0.717, 1.165) is 29.0 Å². The Hall–Kier alpha value is -1.71. The number of nitrogens with zero attached hydrogens (tertiary/aromatic N) is 2. The largest absolute Gasteiger partial charge is 0.369 e. The number of aromatic nitrogens is 2. The SMILES string of the molecule is Nc1nc2cc(Cl)ccc2n1CCc1ccc(Cl)cc1. The van der Waals surface area contributed by atoms with Gasteiger partial charge in [0, 0.05) is 16.6 Å². The van der Waals surface area contributed by atoms with Crippen molar-refractivity contribution in [1.29, 1.82) is 0 Å². The van der Waals surface area contributed by atoms with Crippen molar-refractivity contribution in [2.45, 2.75) is 13.0 Å². The van der Waals surface area contributed by atoms with Crippen molar-refractivity contribution in [3.8, 4) is 0 Å². The first-order valence-electron chi connectivity index (χ1n) is 6.29. The van der Waals surface area contributed by atoms with Crippen molar-refractivity contribution in [3.05, 3.63) is 58.1 Å². The van der Waals surface area contributed by atoms with Crippen LogP contribution in [0.5, 0.6) is 0 Å². The highest BCUT2D eigenvalue weighted by Gasteiger charge is 2.08. The molecule has 0 bridgehead atoms. The molecule has 2 N–H and O–H groups in total. The van der Waals surface area contributed by atoms with Crippen LogP contribution in [-0.4, -0.2) is 9.55 Å². The zero-order valence-corrected chi connectivity index (χ0v) is 12.2. The van der Waals surface area contributed by atoms with Crippen LogP contribution < -0.4 is 5.73 Å². The second-order valence-electron chi connectivity index (χ2n) is 4.63. The molecular weight excluding hydrogens is 293 g/mol. The lowest BCUT2D eigenvalue weighted by molar-refractivity contribution is 0.726. The third-order valence-corrected chi connectivity index (χ3v) is 3.76. The molecule has 102 valence electrons. The number of aryl methyl sites for hydroxylation is 2. The van der Waals surface area contributed by atoms with Crippen LogP contribution in [0.2, 0.25) is 10.0 Å².